The molecule has 0 aromatic heterocycles. The Balaban J connectivity index is 1.47. The van der Waals surface area contributed by atoms with E-state index < -0.39 is 23.3 Å². The topological polar surface area (TPSA) is 18.5 Å². The minimum atomic E-state index is -1.03. The molecule has 204 valence electrons. The molecule has 0 aliphatic carbocycles. The predicted molar refractivity (Wildman–Crippen MR) is 143 cm³/mol. The Morgan fingerprint density at radius 3 is 1.97 bits per heavy atom. The van der Waals surface area contributed by atoms with Gasteiger partial charge in [-0.3, -0.25) is 0 Å². The van der Waals surface area contributed by atoms with Gasteiger partial charge < -0.3 is 9.47 Å². The first-order valence-corrected chi connectivity index (χ1v) is 13.8. The first-order chi connectivity index (χ1) is 18.4. The van der Waals surface area contributed by atoms with E-state index in [2.05, 4.69) is 13.8 Å². The Morgan fingerprint density at radius 2 is 1.37 bits per heavy atom. The van der Waals surface area contributed by atoms with Crippen molar-refractivity contribution in [2.45, 2.75) is 77.2 Å². The summed E-state index contributed by atoms with van der Waals surface area (Å²) in [6.07, 6.45) is 7.73. The quantitative estimate of drug-likeness (QED) is 0.182. The van der Waals surface area contributed by atoms with E-state index in [-0.39, 0.29) is 28.9 Å². The van der Waals surface area contributed by atoms with Crippen molar-refractivity contribution < 1.29 is 27.0 Å². The average Bonchev–Trinajstić information content (AvgIpc) is 2.93. The molecular formula is C32H36F4O2. The second-order valence-electron chi connectivity index (χ2n) is 10.1. The Hall–Kier alpha value is -2.86. The highest BCUT2D eigenvalue weighted by Crippen LogP contribution is 2.36. The van der Waals surface area contributed by atoms with Gasteiger partial charge >= 0.3 is 0 Å². The normalized spacial score (nSPS) is 17.5. The highest BCUT2D eigenvalue weighted by atomic mass is 19.2. The van der Waals surface area contributed by atoms with Crippen molar-refractivity contribution >= 4 is 0 Å². The van der Waals surface area contributed by atoms with Crippen LogP contribution in [0.5, 0.6) is 5.75 Å². The fraction of sp³-hybridized carbons (Fsp3) is 0.438. The van der Waals surface area contributed by atoms with Crippen LogP contribution in [0.1, 0.15) is 76.7 Å². The number of rotatable bonds is 11. The minimum Gasteiger partial charge on any atom is -0.490 e. The van der Waals surface area contributed by atoms with Crippen LogP contribution in [0, 0.1) is 23.3 Å². The molecule has 1 saturated heterocycles. The molecule has 1 fully saturated rings. The van der Waals surface area contributed by atoms with Crippen molar-refractivity contribution in [1.82, 2.24) is 0 Å². The van der Waals surface area contributed by atoms with Crippen LogP contribution in [0.25, 0.3) is 22.3 Å². The summed E-state index contributed by atoms with van der Waals surface area (Å²) in [6.45, 7) is 4.92. The molecule has 2 nitrogen and oxygen atoms in total. The molecule has 1 heterocycles. The summed E-state index contributed by atoms with van der Waals surface area (Å²) in [5.74, 6) is -4.08. The highest BCUT2D eigenvalue weighted by Gasteiger charge is 2.27. The van der Waals surface area contributed by atoms with Gasteiger partial charge in [0.15, 0.2) is 23.2 Å². The van der Waals surface area contributed by atoms with E-state index in [0.717, 1.165) is 51.4 Å². The van der Waals surface area contributed by atoms with Gasteiger partial charge in [0.2, 0.25) is 5.82 Å². The summed E-state index contributed by atoms with van der Waals surface area (Å²) in [5.41, 5.74) is 1.42. The number of unbranched alkanes of at least 4 members (excludes halogenated alkanes) is 3. The first kappa shape index (κ1) is 28.2. The Bertz CT molecular complexity index is 1200. The third-order valence-electron chi connectivity index (χ3n) is 7.34. The van der Waals surface area contributed by atoms with Crippen LogP contribution >= 0.6 is 0 Å². The lowest BCUT2D eigenvalue weighted by Crippen LogP contribution is -2.25. The van der Waals surface area contributed by atoms with Crippen molar-refractivity contribution in [3.8, 4) is 28.0 Å². The summed E-state index contributed by atoms with van der Waals surface area (Å²) in [6, 6.07) is 12.4. The molecule has 3 aromatic rings. The van der Waals surface area contributed by atoms with Gasteiger partial charge in [-0.25, -0.2) is 13.2 Å². The molecule has 2 atom stereocenters. The molecule has 1 aliphatic heterocycles. The van der Waals surface area contributed by atoms with Crippen LogP contribution < -0.4 is 4.74 Å². The number of benzene rings is 3. The molecule has 0 N–H and O–H groups in total. The lowest BCUT2D eigenvalue weighted by atomic mass is 9.88. The standard InChI is InChI=1S/C32H36F4O2/c1-3-5-6-7-19-37-28-18-17-26(31(35)32(28)36)22-11-9-21(10-12-22)25-15-16-27(30(34)29(25)33)23-13-14-24(8-4-2)38-20-23/h9-12,15-18,23-24H,3-8,13-14,19-20H2,1-2H3. The van der Waals surface area contributed by atoms with E-state index in [0.29, 0.717) is 29.9 Å². The van der Waals surface area contributed by atoms with Gasteiger partial charge in [0.1, 0.15) is 0 Å². The monoisotopic (exact) mass is 528 g/mol. The van der Waals surface area contributed by atoms with E-state index in [9.17, 15) is 8.78 Å². The number of hydrogen-bond donors (Lipinski definition) is 0. The lowest BCUT2D eigenvalue weighted by Gasteiger charge is -2.29. The molecule has 3 aromatic carbocycles. The molecule has 0 spiro atoms. The fourth-order valence-electron chi connectivity index (χ4n) is 5.11. The summed E-state index contributed by atoms with van der Waals surface area (Å²) >= 11 is 0. The SMILES string of the molecule is CCCCCCOc1ccc(-c2ccc(-c3ccc(C4CCC(CCC)OC4)c(F)c3F)cc2)c(F)c1F. The average molecular weight is 529 g/mol. The zero-order valence-corrected chi connectivity index (χ0v) is 22.2. The molecule has 0 radical (unpaired) electrons. The molecular weight excluding hydrogens is 492 g/mol. The molecule has 4 rings (SSSR count). The molecule has 0 amide bonds. The van der Waals surface area contributed by atoms with Crippen molar-refractivity contribution in [2.24, 2.45) is 0 Å². The smallest absolute Gasteiger partial charge is 0.201 e. The maximum Gasteiger partial charge on any atom is 0.201 e. The zero-order chi connectivity index (χ0) is 27.1. The van der Waals surface area contributed by atoms with Gasteiger partial charge in [0.25, 0.3) is 0 Å². The molecule has 1 aliphatic rings. The molecule has 0 bridgehead atoms. The lowest BCUT2D eigenvalue weighted by molar-refractivity contribution is -0.00181. The van der Waals surface area contributed by atoms with E-state index in [1.807, 2.05) is 0 Å². The van der Waals surface area contributed by atoms with Gasteiger partial charge in [-0.1, -0.05) is 75.9 Å². The van der Waals surface area contributed by atoms with Crippen LogP contribution in [-0.4, -0.2) is 19.3 Å². The van der Waals surface area contributed by atoms with E-state index in [1.54, 1.807) is 36.4 Å². The van der Waals surface area contributed by atoms with Crippen LogP contribution in [0.2, 0.25) is 0 Å². The van der Waals surface area contributed by atoms with E-state index in [1.165, 1.54) is 12.1 Å². The maximum atomic E-state index is 15.1. The van der Waals surface area contributed by atoms with Gasteiger partial charge in [-0.15, -0.1) is 0 Å². The summed E-state index contributed by atoms with van der Waals surface area (Å²) in [7, 11) is 0. The Kier molecular flexibility index (Phi) is 9.84. The first-order valence-electron chi connectivity index (χ1n) is 13.8. The summed E-state index contributed by atoms with van der Waals surface area (Å²) in [5, 5.41) is 0. The molecule has 0 saturated carbocycles. The zero-order valence-electron chi connectivity index (χ0n) is 22.2. The highest BCUT2D eigenvalue weighted by molar-refractivity contribution is 5.72. The second-order valence-corrected chi connectivity index (χ2v) is 10.1. The summed E-state index contributed by atoms with van der Waals surface area (Å²) < 4.78 is 70.9. The third-order valence-corrected chi connectivity index (χ3v) is 7.34. The second kappa shape index (κ2) is 13.3. The number of halogens is 4. The van der Waals surface area contributed by atoms with Crippen molar-refractivity contribution in [3.63, 3.8) is 0 Å². The molecule has 38 heavy (non-hydrogen) atoms. The van der Waals surface area contributed by atoms with Gasteiger partial charge in [-0.05, 0) is 54.5 Å². The van der Waals surface area contributed by atoms with E-state index in [4.69, 9.17) is 9.47 Å². The predicted octanol–water partition coefficient (Wildman–Crippen LogP) is 9.60. The molecule has 2 unspecified atom stereocenters. The Morgan fingerprint density at radius 1 is 0.711 bits per heavy atom. The third kappa shape index (κ3) is 6.40. The van der Waals surface area contributed by atoms with Crippen LogP contribution in [0.3, 0.4) is 0 Å². The largest absolute Gasteiger partial charge is 0.490 e. The van der Waals surface area contributed by atoms with Crippen molar-refractivity contribution in [1.29, 1.82) is 0 Å². The minimum absolute atomic E-state index is 0.0769. The van der Waals surface area contributed by atoms with Crippen LogP contribution in [0.4, 0.5) is 17.6 Å². The van der Waals surface area contributed by atoms with Crippen molar-refractivity contribution in [3.05, 3.63) is 77.4 Å². The maximum absolute atomic E-state index is 15.1. The number of ether oxygens (including phenoxy) is 2. The van der Waals surface area contributed by atoms with Gasteiger partial charge in [0, 0.05) is 17.0 Å². The van der Waals surface area contributed by atoms with Crippen LogP contribution in [0.15, 0.2) is 48.5 Å². The fourth-order valence-corrected chi connectivity index (χ4v) is 5.11. The Labute approximate surface area is 223 Å². The van der Waals surface area contributed by atoms with Crippen LogP contribution in [-0.2, 0) is 4.74 Å². The summed E-state index contributed by atoms with van der Waals surface area (Å²) in [4.78, 5) is 0. The van der Waals surface area contributed by atoms with Gasteiger partial charge in [0.05, 0.1) is 19.3 Å². The van der Waals surface area contributed by atoms with E-state index >= 15 is 8.78 Å². The number of hydrogen-bond acceptors (Lipinski definition) is 2. The molecule has 6 heteroatoms. The van der Waals surface area contributed by atoms with Crippen molar-refractivity contribution in [2.75, 3.05) is 13.2 Å². The van der Waals surface area contributed by atoms with Gasteiger partial charge in [-0.2, -0.15) is 4.39 Å².